The maximum atomic E-state index is 13.3. The lowest BCUT2D eigenvalue weighted by Crippen LogP contribution is -2.65. The second-order valence-electron chi connectivity index (χ2n) is 24.3. The minimum Gasteiger partial charge on any atom is -0.394 e. The number of carbonyl (C=O) groups is 1. The lowest BCUT2D eigenvalue weighted by Gasteiger charge is -2.46. The summed E-state index contributed by atoms with van der Waals surface area (Å²) in [6.07, 6.45) is 50.8. The second-order valence-corrected chi connectivity index (χ2v) is 24.3. The molecule has 12 unspecified atom stereocenters. The van der Waals surface area contributed by atoms with Crippen molar-refractivity contribution in [3.05, 3.63) is 36.5 Å². The number of rotatable bonds is 56. The first-order chi connectivity index (χ1) is 40.1. The summed E-state index contributed by atoms with van der Waals surface area (Å²) in [5.74, 6) is -0.248. The summed E-state index contributed by atoms with van der Waals surface area (Å²) in [5, 5.41) is 87.2. The van der Waals surface area contributed by atoms with Crippen molar-refractivity contribution in [3.63, 3.8) is 0 Å². The van der Waals surface area contributed by atoms with Crippen LogP contribution >= 0.6 is 0 Å². The fourth-order valence-corrected chi connectivity index (χ4v) is 11.3. The number of ether oxygens (including phenoxy) is 4. The molecule has 2 rings (SSSR count). The summed E-state index contributed by atoms with van der Waals surface area (Å²) in [7, 11) is 0. The molecule has 82 heavy (non-hydrogen) atoms. The number of amides is 1. The summed E-state index contributed by atoms with van der Waals surface area (Å²) in [4.78, 5) is 13.3. The average Bonchev–Trinajstić information content (AvgIpc) is 3.52. The molecular weight excluding hydrogens is 1040 g/mol. The number of hydrogen-bond donors (Lipinski definition) is 9. The molecule has 1 amide bonds. The number of unbranched alkanes of at least 4 members (excludes halogenated alkanes) is 39. The third-order valence-corrected chi connectivity index (χ3v) is 16.8. The van der Waals surface area contributed by atoms with Gasteiger partial charge in [-0.15, -0.1) is 0 Å². The van der Waals surface area contributed by atoms with E-state index in [1.165, 1.54) is 218 Å². The van der Waals surface area contributed by atoms with Gasteiger partial charge in [0.25, 0.3) is 0 Å². The molecule has 0 aromatic heterocycles. The van der Waals surface area contributed by atoms with Crippen LogP contribution in [0.1, 0.15) is 296 Å². The van der Waals surface area contributed by atoms with Crippen molar-refractivity contribution in [3.8, 4) is 0 Å². The van der Waals surface area contributed by atoms with E-state index in [4.69, 9.17) is 18.9 Å². The maximum absolute atomic E-state index is 13.3. The number of aliphatic hydroxyl groups is 8. The molecule has 14 nitrogen and oxygen atoms in total. The van der Waals surface area contributed by atoms with Gasteiger partial charge in [-0.05, 0) is 44.9 Å². The summed E-state index contributed by atoms with van der Waals surface area (Å²) in [6, 6.07) is -0.936. The highest BCUT2D eigenvalue weighted by molar-refractivity contribution is 5.76. The number of carbonyl (C=O) groups excluding carboxylic acids is 1. The molecule has 2 aliphatic rings. The van der Waals surface area contributed by atoms with Gasteiger partial charge in [0, 0.05) is 6.42 Å². The molecule has 2 aliphatic heterocycles. The van der Waals surface area contributed by atoms with Gasteiger partial charge in [0.2, 0.25) is 5.91 Å². The number of hydrogen-bond acceptors (Lipinski definition) is 13. The Morgan fingerprint density at radius 2 is 0.780 bits per heavy atom. The predicted molar refractivity (Wildman–Crippen MR) is 332 cm³/mol. The molecule has 482 valence electrons. The third kappa shape index (κ3) is 37.7. The van der Waals surface area contributed by atoms with Crippen molar-refractivity contribution in [1.82, 2.24) is 5.32 Å². The van der Waals surface area contributed by atoms with E-state index in [1.807, 2.05) is 6.08 Å². The molecule has 0 aliphatic carbocycles. The molecule has 2 saturated heterocycles. The zero-order chi connectivity index (χ0) is 59.5. The van der Waals surface area contributed by atoms with E-state index in [0.29, 0.717) is 12.8 Å². The van der Waals surface area contributed by atoms with Crippen LogP contribution in [0.15, 0.2) is 36.5 Å². The van der Waals surface area contributed by atoms with Crippen LogP contribution in [0.25, 0.3) is 0 Å². The SMILES string of the molecule is CCCCCCCC/C=C/CC/C=C/CC/C=C/C(O)C(COC1OC(CO)C(OC2OC(CO)C(O)C(O)C2O)C(O)C1O)NC(=O)CCCCCCCCCCCCCCCCCCCCCCCCCCCCCCCCCC. The van der Waals surface area contributed by atoms with Gasteiger partial charge < -0.3 is 65.1 Å². The standard InChI is InChI=1S/C68H127NO13/c1-3-5-7-9-11-13-15-17-19-21-22-23-24-25-26-27-28-29-30-31-32-33-34-35-36-38-40-42-44-46-48-50-52-60(73)69-56(57(72)51-49-47-45-43-41-39-37-20-18-16-14-12-10-8-6-4-2)55-79-67-65(78)63(76)66(59(54-71)81-67)82-68-64(77)62(75)61(74)58(53-70)80-68/h18,20,41,43,49,51,56-59,61-68,70-72,74-78H,3-17,19,21-40,42,44-48,50,52-55H2,1-2H3,(H,69,73)/b20-18+,43-41+,51-49+. The summed E-state index contributed by atoms with van der Waals surface area (Å²) in [6.45, 7) is 2.80. The maximum Gasteiger partial charge on any atom is 0.220 e. The quantitative estimate of drug-likeness (QED) is 0.0204. The van der Waals surface area contributed by atoms with Gasteiger partial charge in [-0.2, -0.15) is 0 Å². The van der Waals surface area contributed by atoms with Crippen LogP contribution in [0.3, 0.4) is 0 Å². The molecule has 2 fully saturated rings. The first kappa shape index (κ1) is 76.3. The third-order valence-electron chi connectivity index (χ3n) is 16.8. The van der Waals surface area contributed by atoms with Gasteiger partial charge >= 0.3 is 0 Å². The van der Waals surface area contributed by atoms with Crippen LogP contribution in [0.5, 0.6) is 0 Å². The molecule has 2 heterocycles. The van der Waals surface area contributed by atoms with Crippen molar-refractivity contribution in [2.75, 3.05) is 19.8 Å². The highest BCUT2D eigenvalue weighted by atomic mass is 16.7. The average molecular weight is 1170 g/mol. The van der Waals surface area contributed by atoms with E-state index in [9.17, 15) is 45.6 Å². The van der Waals surface area contributed by atoms with Gasteiger partial charge in [-0.25, -0.2) is 0 Å². The van der Waals surface area contributed by atoms with E-state index in [2.05, 4.69) is 43.5 Å². The molecular formula is C68H127NO13. The highest BCUT2D eigenvalue weighted by Gasteiger charge is 2.51. The minimum atomic E-state index is -1.79. The molecule has 9 N–H and O–H groups in total. The van der Waals surface area contributed by atoms with Gasteiger partial charge in [0.05, 0.1) is 32.0 Å². The molecule has 0 aromatic carbocycles. The van der Waals surface area contributed by atoms with Gasteiger partial charge in [0.1, 0.15) is 48.8 Å². The van der Waals surface area contributed by atoms with Crippen molar-refractivity contribution in [1.29, 1.82) is 0 Å². The Kier molecular flexibility index (Phi) is 49.7. The normalized spacial score (nSPS) is 24.1. The Morgan fingerprint density at radius 1 is 0.427 bits per heavy atom. The Morgan fingerprint density at radius 3 is 1.20 bits per heavy atom. The molecule has 0 bridgehead atoms. The first-order valence-electron chi connectivity index (χ1n) is 34.2. The largest absolute Gasteiger partial charge is 0.394 e. The van der Waals surface area contributed by atoms with E-state index >= 15 is 0 Å². The molecule has 14 heteroatoms. The summed E-state index contributed by atoms with van der Waals surface area (Å²) >= 11 is 0. The van der Waals surface area contributed by atoms with Crippen molar-refractivity contribution >= 4 is 5.91 Å². The zero-order valence-electron chi connectivity index (χ0n) is 52.2. The Labute approximate surface area is 500 Å². The zero-order valence-corrected chi connectivity index (χ0v) is 52.2. The Hall–Kier alpha value is -1.79. The van der Waals surface area contributed by atoms with Crippen LogP contribution in [0, 0.1) is 0 Å². The molecule has 12 atom stereocenters. The number of allylic oxidation sites excluding steroid dienone is 5. The van der Waals surface area contributed by atoms with E-state index in [-0.39, 0.29) is 18.9 Å². The topological polar surface area (TPSA) is 228 Å². The Bertz CT molecular complexity index is 1510. The monoisotopic (exact) mass is 1170 g/mol. The van der Waals surface area contributed by atoms with Crippen LogP contribution < -0.4 is 5.32 Å². The highest BCUT2D eigenvalue weighted by Crippen LogP contribution is 2.30. The van der Waals surface area contributed by atoms with Gasteiger partial charge in [-0.1, -0.05) is 281 Å². The van der Waals surface area contributed by atoms with Crippen LogP contribution in [-0.4, -0.2) is 140 Å². The second kappa shape index (κ2) is 53.4. The van der Waals surface area contributed by atoms with Crippen LogP contribution in [-0.2, 0) is 23.7 Å². The number of aliphatic hydroxyl groups excluding tert-OH is 8. The summed E-state index contributed by atoms with van der Waals surface area (Å²) in [5.41, 5.74) is 0. The Balaban J connectivity index is 1.64. The molecule has 0 spiro atoms. The molecule has 0 saturated carbocycles. The number of nitrogens with one attached hydrogen (secondary N) is 1. The molecule has 0 aromatic rings. The van der Waals surface area contributed by atoms with Crippen molar-refractivity contribution < 1.29 is 64.6 Å². The fraction of sp³-hybridized carbons (Fsp3) is 0.897. The van der Waals surface area contributed by atoms with Crippen molar-refractivity contribution in [2.45, 2.75) is 370 Å². The summed E-state index contributed by atoms with van der Waals surface area (Å²) < 4.78 is 22.8. The smallest absolute Gasteiger partial charge is 0.220 e. The first-order valence-corrected chi connectivity index (χ1v) is 34.2. The van der Waals surface area contributed by atoms with E-state index in [1.54, 1.807) is 6.08 Å². The van der Waals surface area contributed by atoms with E-state index in [0.717, 1.165) is 44.9 Å². The van der Waals surface area contributed by atoms with Gasteiger partial charge in [-0.3, -0.25) is 4.79 Å². The van der Waals surface area contributed by atoms with E-state index < -0.39 is 86.8 Å². The van der Waals surface area contributed by atoms with Gasteiger partial charge in [0.15, 0.2) is 12.6 Å². The lowest BCUT2D eigenvalue weighted by atomic mass is 9.97. The predicted octanol–water partition coefficient (Wildman–Crippen LogP) is 13.3. The fourth-order valence-electron chi connectivity index (χ4n) is 11.3. The van der Waals surface area contributed by atoms with Crippen molar-refractivity contribution in [2.24, 2.45) is 0 Å². The molecule has 0 radical (unpaired) electrons. The van der Waals surface area contributed by atoms with Crippen LogP contribution in [0.4, 0.5) is 0 Å². The minimum absolute atomic E-state index is 0.248. The van der Waals surface area contributed by atoms with Crippen LogP contribution in [0.2, 0.25) is 0 Å². The lowest BCUT2D eigenvalue weighted by molar-refractivity contribution is -0.359.